The van der Waals surface area contributed by atoms with E-state index in [9.17, 15) is 9.59 Å². The largest absolute Gasteiger partial charge is 0.378 e. The molecule has 1 aliphatic heterocycles. The SMILES string of the molecule is Cc1cc(C)c(C(C(=O)Nc2cccc(N(C)C)c2)=C2C(=O)Nc3ccccc32)[nH]1. The number of anilines is 3. The molecule has 4 rings (SSSR count). The summed E-state index contributed by atoms with van der Waals surface area (Å²) < 4.78 is 0. The van der Waals surface area contributed by atoms with E-state index in [0.29, 0.717) is 28.2 Å². The topological polar surface area (TPSA) is 77.2 Å². The van der Waals surface area contributed by atoms with E-state index >= 15 is 0 Å². The standard InChI is InChI=1S/C24H24N4O2/c1-14-12-15(2)25-22(14)21(20-18-10-5-6-11-19(18)27-23(20)29)24(30)26-16-8-7-9-17(13-16)28(3)4/h5-13,25H,1-4H3,(H,26,30)(H,27,29). The average molecular weight is 400 g/mol. The molecule has 2 amide bonds. The van der Waals surface area contributed by atoms with Crippen LogP contribution in [0.3, 0.4) is 0 Å². The summed E-state index contributed by atoms with van der Waals surface area (Å²) in [7, 11) is 3.89. The summed E-state index contributed by atoms with van der Waals surface area (Å²) in [5.74, 6) is -0.618. The second-order valence-corrected chi connectivity index (χ2v) is 7.66. The molecule has 1 aliphatic rings. The number of aromatic nitrogens is 1. The number of carbonyl (C=O) groups excluding carboxylic acids is 2. The molecule has 0 aliphatic carbocycles. The number of hydrogen-bond donors (Lipinski definition) is 3. The zero-order valence-corrected chi connectivity index (χ0v) is 17.5. The van der Waals surface area contributed by atoms with Gasteiger partial charge < -0.3 is 20.5 Å². The molecule has 0 fully saturated rings. The number of benzene rings is 2. The Morgan fingerprint density at radius 3 is 2.47 bits per heavy atom. The lowest BCUT2D eigenvalue weighted by Crippen LogP contribution is -2.19. The minimum atomic E-state index is -0.335. The predicted octanol–water partition coefficient (Wildman–Crippen LogP) is 4.20. The van der Waals surface area contributed by atoms with Gasteiger partial charge in [-0.1, -0.05) is 24.3 Å². The first kappa shape index (κ1) is 19.5. The molecular weight excluding hydrogens is 376 g/mol. The molecule has 0 radical (unpaired) electrons. The molecule has 0 spiro atoms. The summed E-state index contributed by atoms with van der Waals surface area (Å²) in [6, 6.07) is 17.0. The van der Waals surface area contributed by atoms with E-state index in [1.807, 2.05) is 87.4 Å². The van der Waals surface area contributed by atoms with Crippen LogP contribution in [0.15, 0.2) is 54.6 Å². The lowest BCUT2D eigenvalue weighted by atomic mass is 9.96. The molecule has 6 nitrogen and oxygen atoms in total. The number of H-pyrrole nitrogens is 1. The first-order valence-electron chi connectivity index (χ1n) is 9.75. The highest BCUT2D eigenvalue weighted by molar-refractivity contribution is 6.46. The number of aryl methyl sites for hydroxylation is 2. The van der Waals surface area contributed by atoms with Gasteiger partial charge in [0.2, 0.25) is 0 Å². The van der Waals surface area contributed by atoms with Crippen LogP contribution in [-0.4, -0.2) is 30.9 Å². The number of nitrogens with one attached hydrogen (secondary N) is 3. The lowest BCUT2D eigenvalue weighted by Gasteiger charge is -2.15. The summed E-state index contributed by atoms with van der Waals surface area (Å²) >= 11 is 0. The summed E-state index contributed by atoms with van der Waals surface area (Å²) in [4.78, 5) is 31.6. The molecule has 0 saturated carbocycles. The number of aromatic amines is 1. The van der Waals surface area contributed by atoms with Gasteiger partial charge in [-0.25, -0.2) is 0 Å². The number of para-hydroxylation sites is 1. The molecule has 2 aromatic carbocycles. The summed E-state index contributed by atoms with van der Waals surface area (Å²) in [5, 5.41) is 5.85. The Morgan fingerprint density at radius 2 is 1.77 bits per heavy atom. The number of carbonyl (C=O) groups is 2. The van der Waals surface area contributed by atoms with Gasteiger partial charge in [-0.3, -0.25) is 9.59 Å². The van der Waals surface area contributed by atoms with Crippen molar-refractivity contribution in [2.24, 2.45) is 0 Å². The second-order valence-electron chi connectivity index (χ2n) is 7.66. The minimum absolute atomic E-state index is 0.282. The predicted molar refractivity (Wildman–Crippen MR) is 122 cm³/mol. The highest BCUT2D eigenvalue weighted by atomic mass is 16.2. The Balaban J connectivity index is 1.85. The van der Waals surface area contributed by atoms with E-state index in [0.717, 1.165) is 22.5 Å². The Morgan fingerprint density at radius 1 is 1.00 bits per heavy atom. The quantitative estimate of drug-likeness (QED) is 0.575. The highest BCUT2D eigenvalue weighted by Gasteiger charge is 2.32. The third kappa shape index (κ3) is 3.48. The van der Waals surface area contributed by atoms with Crippen LogP contribution in [0.1, 0.15) is 22.5 Å². The van der Waals surface area contributed by atoms with Crippen molar-refractivity contribution in [3.8, 4) is 0 Å². The number of hydrogen-bond acceptors (Lipinski definition) is 3. The maximum Gasteiger partial charge on any atom is 0.258 e. The summed E-state index contributed by atoms with van der Waals surface area (Å²) in [6.07, 6.45) is 0. The highest BCUT2D eigenvalue weighted by Crippen LogP contribution is 2.38. The van der Waals surface area contributed by atoms with E-state index in [1.165, 1.54) is 0 Å². The van der Waals surface area contributed by atoms with Crippen LogP contribution in [0.25, 0.3) is 11.1 Å². The van der Waals surface area contributed by atoms with Crippen molar-refractivity contribution in [1.29, 1.82) is 0 Å². The van der Waals surface area contributed by atoms with E-state index < -0.39 is 0 Å². The third-order valence-corrected chi connectivity index (χ3v) is 5.17. The fourth-order valence-corrected chi connectivity index (χ4v) is 3.76. The Kier molecular flexibility index (Phi) is 4.91. The molecular formula is C24H24N4O2. The monoisotopic (exact) mass is 400 g/mol. The maximum absolute atomic E-state index is 13.5. The molecule has 0 bridgehead atoms. The van der Waals surface area contributed by atoms with Crippen molar-refractivity contribution in [1.82, 2.24) is 4.98 Å². The van der Waals surface area contributed by atoms with Crippen LogP contribution in [0.2, 0.25) is 0 Å². The smallest absolute Gasteiger partial charge is 0.258 e. The molecule has 3 aromatic rings. The van der Waals surface area contributed by atoms with Crippen LogP contribution in [-0.2, 0) is 9.59 Å². The van der Waals surface area contributed by atoms with Crippen molar-refractivity contribution in [3.63, 3.8) is 0 Å². The fourth-order valence-electron chi connectivity index (χ4n) is 3.76. The Labute approximate surface area is 175 Å². The molecule has 0 atom stereocenters. The number of nitrogens with zero attached hydrogens (tertiary/aromatic N) is 1. The van der Waals surface area contributed by atoms with Gasteiger partial charge in [0.15, 0.2) is 0 Å². The van der Waals surface area contributed by atoms with E-state index in [2.05, 4.69) is 15.6 Å². The van der Waals surface area contributed by atoms with Gasteiger partial charge >= 0.3 is 0 Å². The van der Waals surface area contributed by atoms with Crippen molar-refractivity contribution >= 4 is 40.0 Å². The normalized spacial score (nSPS) is 14.2. The van der Waals surface area contributed by atoms with Crippen LogP contribution in [0, 0.1) is 13.8 Å². The van der Waals surface area contributed by atoms with Crippen molar-refractivity contribution < 1.29 is 9.59 Å². The summed E-state index contributed by atoms with van der Waals surface area (Å²) in [5.41, 5.74) is 6.25. The molecule has 152 valence electrons. The number of amides is 2. The van der Waals surface area contributed by atoms with E-state index in [4.69, 9.17) is 0 Å². The minimum Gasteiger partial charge on any atom is -0.378 e. The van der Waals surface area contributed by atoms with Gasteiger partial charge in [-0.2, -0.15) is 0 Å². The maximum atomic E-state index is 13.5. The van der Waals surface area contributed by atoms with Crippen LogP contribution < -0.4 is 15.5 Å². The summed E-state index contributed by atoms with van der Waals surface area (Å²) in [6.45, 7) is 3.86. The van der Waals surface area contributed by atoms with Gasteiger partial charge in [0.25, 0.3) is 11.8 Å². The molecule has 1 aromatic heterocycles. The molecule has 0 saturated heterocycles. The average Bonchev–Trinajstić information content (AvgIpc) is 3.21. The Bertz CT molecular complexity index is 1190. The van der Waals surface area contributed by atoms with Crippen LogP contribution in [0.4, 0.5) is 17.1 Å². The molecule has 2 heterocycles. The first-order valence-corrected chi connectivity index (χ1v) is 9.75. The molecule has 30 heavy (non-hydrogen) atoms. The second kappa shape index (κ2) is 7.55. The first-order chi connectivity index (χ1) is 14.3. The van der Waals surface area contributed by atoms with Crippen molar-refractivity contribution in [2.45, 2.75) is 13.8 Å². The van der Waals surface area contributed by atoms with Crippen molar-refractivity contribution in [2.75, 3.05) is 29.6 Å². The molecule has 0 unspecified atom stereocenters. The fraction of sp³-hybridized carbons (Fsp3) is 0.167. The van der Waals surface area contributed by atoms with Crippen LogP contribution >= 0.6 is 0 Å². The Hall–Kier alpha value is -3.80. The van der Waals surface area contributed by atoms with Crippen molar-refractivity contribution in [3.05, 3.63) is 77.1 Å². The van der Waals surface area contributed by atoms with Gasteiger partial charge in [0, 0.05) is 42.4 Å². The number of rotatable bonds is 4. The zero-order valence-electron chi connectivity index (χ0n) is 17.5. The van der Waals surface area contributed by atoms with Gasteiger partial charge in [0.1, 0.15) is 0 Å². The number of fused-ring (bicyclic) bond motifs is 1. The van der Waals surface area contributed by atoms with Gasteiger partial charge in [0.05, 0.1) is 16.8 Å². The van der Waals surface area contributed by atoms with Gasteiger partial charge in [-0.15, -0.1) is 0 Å². The van der Waals surface area contributed by atoms with Crippen LogP contribution in [0.5, 0.6) is 0 Å². The lowest BCUT2D eigenvalue weighted by molar-refractivity contribution is -0.112. The molecule has 6 heteroatoms. The third-order valence-electron chi connectivity index (χ3n) is 5.17. The van der Waals surface area contributed by atoms with E-state index in [1.54, 1.807) is 0 Å². The van der Waals surface area contributed by atoms with Gasteiger partial charge in [-0.05, 0) is 49.7 Å². The molecule has 3 N–H and O–H groups in total. The van der Waals surface area contributed by atoms with E-state index in [-0.39, 0.29) is 11.8 Å². The zero-order chi connectivity index (χ0) is 21.4.